The second kappa shape index (κ2) is 6.21. The second-order valence-electron chi connectivity index (χ2n) is 6.86. The zero-order valence-electron chi connectivity index (χ0n) is 15.3. The van der Waals surface area contributed by atoms with Crippen LogP contribution in [0.3, 0.4) is 0 Å². The SMILES string of the molecule is C=Cn1cc(C2=C(c3c(O)ccc4ccccc34)C(=O)NC2=O)c2ccccc21. The lowest BCUT2D eigenvalue weighted by Gasteiger charge is -2.10. The number of benzene rings is 3. The van der Waals surface area contributed by atoms with E-state index in [1.807, 2.05) is 53.1 Å². The summed E-state index contributed by atoms with van der Waals surface area (Å²) in [5.74, 6) is -1.05. The van der Waals surface area contributed by atoms with Gasteiger partial charge in [-0.25, -0.2) is 0 Å². The molecule has 29 heavy (non-hydrogen) atoms. The van der Waals surface area contributed by atoms with Gasteiger partial charge in [0.05, 0.1) is 16.7 Å². The van der Waals surface area contributed by atoms with Crippen molar-refractivity contribution < 1.29 is 14.7 Å². The summed E-state index contributed by atoms with van der Waals surface area (Å²) in [6, 6.07) is 18.4. The largest absolute Gasteiger partial charge is 0.507 e. The van der Waals surface area contributed by atoms with Gasteiger partial charge in [-0.15, -0.1) is 0 Å². The first-order valence-corrected chi connectivity index (χ1v) is 9.13. The lowest BCUT2D eigenvalue weighted by atomic mass is 9.91. The van der Waals surface area contributed by atoms with Gasteiger partial charge in [-0.05, 0) is 22.9 Å². The third kappa shape index (κ3) is 2.41. The van der Waals surface area contributed by atoms with Crippen LogP contribution in [0, 0.1) is 0 Å². The van der Waals surface area contributed by atoms with E-state index in [-0.39, 0.29) is 16.9 Å². The number of carbonyl (C=O) groups excluding carboxylic acids is 2. The number of hydrogen-bond donors (Lipinski definition) is 2. The predicted octanol–water partition coefficient (Wildman–Crippen LogP) is 4.17. The highest BCUT2D eigenvalue weighted by Crippen LogP contribution is 2.41. The maximum Gasteiger partial charge on any atom is 0.259 e. The highest BCUT2D eigenvalue weighted by molar-refractivity contribution is 6.51. The monoisotopic (exact) mass is 380 g/mol. The maximum atomic E-state index is 12.9. The van der Waals surface area contributed by atoms with Crippen molar-refractivity contribution in [2.75, 3.05) is 0 Å². The average molecular weight is 380 g/mol. The zero-order valence-corrected chi connectivity index (χ0v) is 15.3. The van der Waals surface area contributed by atoms with Crippen LogP contribution in [0.5, 0.6) is 5.75 Å². The quantitative estimate of drug-likeness (QED) is 0.524. The summed E-state index contributed by atoms with van der Waals surface area (Å²) < 4.78 is 1.81. The molecule has 140 valence electrons. The fourth-order valence-electron chi connectivity index (χ4n) is 4.03. The molecule has 5 rings (SSSR count). The van der Waals surface area contributed by atoms with E-state index in [1.54, 1.807) is 24.5 Å². The van der Waals surface area contributed by atoms with Gasteiger partial charge in [-0.3, -0.25) is 14.9 Å². The summed E-state index contributed by atoms with van der Waals surface area (Å²) in [7, 11) is 0. The minimum atomic E-state index is -0.521. The van der Waals surface area contributed by atoms with Crippen LogP contribution >= 0.6 is 0 Å². The van der Waals surface area contributed by atoms with Crippen molar-refractivity contribution in [3.63, 3.8) is 0 Å². The summed E-state index contributed by atoms with van der Waals surface area (Å²) in [4.78, 5) is 25.7. The Hall–Kier alpha value is -4.12. The first-order valence-electron chi connectivity index (χ1n) is 9.13. The van der Waals surface area contributed by atoms with Crippen LogP contribution in [-0.2, 0) is 9.59 Å². The Morgan fingerprint density at radius 1 is 0.862 bits per heavy atom. The number of phenolic OH excluding ortho intramolecular Hbond substituents is 1. The zero-order chi connectivity index (χ0) is 20.1. The van der Waals surface area contributed by atoms with Gasteiger partial charge in [0.25, 0.3) is 11.8 Å². The molecule has 5 heteroatoms. The van der Waals surface area contributed by atoms with Crippen LogP contribution in [0.25, 0.3) is 39.0 Å². The lowest BCUT2D eigenvalue weighted by molar-refractivity contribution is -0.122. The third-order valence-corrected chi connectivity index (χ3v) is 5.29. The molecule has 0 atom stereocenters. The molecule has 1 aliphatic rings. The number of nitrogens with zero attached hydrogens (tertiary/aromatic N) is 1. The molecule has 0 fully saturated rings. The molecule has 1 aromatic heterocycles. The second-order valence-corrected chi connectivity index (χ2v) is 6.86. The van der Waals surface area contributed by atoms with Crippen molar-refractivity contribution >= 4 is 50.8 Å². The van der Waals surface area contributed by atoms with E-state index in [1.165, 1.54) is 0 Å². The van der Waals surface area contributed by atoms with E-state index >= 15 is 0 Å². The molecule has 0 aliphatic carbocycles. The number of nitrogens with one attached hydrogen (secondary N) is 1. The first-order chi connectivity index (χ1) is 14.1. The first kappa shape index (κ1) is 17.0. The Morgan fingerprint density at radius 3 is 2.34 bits per heavy atom. The number of phenols is 1. The Kier molecular flexibility index (Phi) is 3.64. The van der Waals surface area contributed by atoms with Gasteiger partial charge in [0.15, 0.2) is 0 Å². The van der Waals surface area contributed by atoms with Crippen LogP contribution in [0.15, 0.2) is 73.4 Å². The molecule has 0 saturated carbocycles. The van der Waals surface area contributed by atoms with Crippen molar-refractivity contribution in [2.24, 2.45) is 0 Å². The standard InChI is InChI=1S/C24H16N2O3/c1-2-26-13-17(16-9-5-6-10-18(16)26)21-22(24(29)25-23(21)28)20-15-8-4-3-7-14(15)11-12-19(20)27/h2-13,27H,1H2,(H,25,28,29). The van der Waals surface area contributed by atoms with Crippen molar-refractivity contribution in [2.45, 2.75) is 0 Å². The number of rotatable bonds is 3. The van der Waals surface area contributed by atoms with E-state index < -0.39 is 11.8 Å². The maximum absolute atomic E-state index is 12.9. The van der Waals surface area contributed by atoms with Crippen LogP contribution in [-0.4, -0.2) is 21.5 Å². The number of aromatic hydroxyl groups is 1. The van der Waals surface area contributed by atoms with Crippen LogP contribution in [0.4, 0.5) is 0 Å². The van der Waals surface area contributed by atoms with E-state index in [0.29, 0.717) is 16.5 Å². The van der Waals surface area contributed by atoms with Gasteiger partial charge in [-0.1, -0.05) is 55.1 Å². The summed E-state index contributed by atoms with van der Waals surface area (Å²) in [6.07, 6.45) is 3.43. The third-order valence-electron chi connectivity index (χ3n) is 5.29. The van der Waals surface area contributed by atoms with Gasteiger partial charge >= 0.3 is 0 Å². The van der Waals surface area contributed by atoms with Crippen molar-refractivity contribution in [1.29, 1.82) is 0 Å². The molecule has 0 spiro atoms. The average Bonchev–Trinajstić information content (AvgIpc) is 3.24. The number of imide groups is 1. The number of carbonyl (C=O) groups is 2. The molecule has 0 saturated heterocycles. The smallest absolute Gasteiger partial charge is 0.259 e. The fourth-order valence-corrected chi connectivity index (χ4v) is 4.03. The number of amides is 2. The fraction of sp³-hybridized carbons (Fsp3) is 0. The van der Waals surface area contributed by atoms with E-state index in [2.05, 4.69) is 11.9 Å². The molecule has 1 aliphatic heterocycles. The molecule has 2 N–H and O–H groups in total. The van der Waals surface area contributed by atoms with E-state index in [4.69, 9.17) is 0 Å². The molecule has 4 aromatic rings. The summed E-state index contributed by atoms with van der Waals surface area (Å²) >= 11 is 0. The van der Waals surface area contributed by atoms with Gasteiger partial charge in [0, 0.05) is 28.9 Å². The molecule has 2 amide bonds. The molecule has 5 nitrogen and oxygen atoms in total. The summed E-state index contributed by atoms with van der Waals surface area (Å²) in [6.45, 7) is 3.83. The Bertz CT molecular complexity index is 1390. The van der Waals surface area contributed by atoms with Gasteiger partial charge in [0.1, 0.15) is 5.75 Å². The molecular weight excluding hydrogens is 364 g/mol. The van der Waals surface area contributed by atoms with Crippen LogP contribution in [0.2, 0.25) is 0 Å². The number of hydrogen-bond acceptors (Lipinski definition) is 3. The van der Waals surface area contributed by atoms with Crippen LogP contribution in [0.1, 0.15) is 11.1 Å². The highest BCUT2D eigenvalue weighted by atomic mass is 16.3. The minimum absolute atomic E-state index is 0.0477. The van der Waals surface area contributed by atoms with Crippen LogP contribution < -0.4 is 5.32 Å². The van der Waals surface area contributed by atoms with Crippen molar-refractivity contribution in [3.05, 3.63) is 84.6 Å². The molecule has 3 aromatic carbocycles. The summed E-state index contributed by atoms with van der Waals surface area (Å²) in [5.41, 5.74) is 2.27. The highest BCUT2D eigenvalue weighted by Gasteiger charge is 2.35. The topological polar surface area (TPSA) is 71.3 Å². The summed E-state index contributed by atoms with van der Waals surface area (Å²) in [5, 5.41) is 15.5. The lowest BCUT2D eigenvalue weighted by Crippen LogP contribution is -2.22. The number of aromatic nitrogens is 1. The van der Waals surface area contributed by atoms with Gasteiger partial charge < -0.3 is 9.67 Å². The normalized spacial score (nSPS) is 14.1. The van der Waals surface area contributed by atoms with Crippen molar-refractivity contribution in [1.82, 2.24) is 9.88 Å². The Morgan fingerprint density at radius 2 is 1.55 bits per heavy atom. The number of para-hydroxylation sites is 1. The van der Waals surface area contributed by atoms with E-state index in [9.17, 15) is 14.7 Å². The minimum Gasteiger partial charge on any atom is -0.507 e. The molecule has 0 unspecified atom stereocenters. The molecular formula is C24H16N2O3. The Balaban J connectivity index is 1.92. The predicted molar refractivity (Wildman–Crippen MR) is 114 cm³/mol. The van der Waals surface area contributed by atoms with Crippen molar-refractivity contribution in [3.8, 4) is 5.75 Å². The number of fused-ring (bicyclic) bond motifs is 2. The van der Waals surface area contributed by atoms with Gasteiger partial charge in [0.2, 0.25) is 0 Å². The van der Waals surface area contributed by atoms with E-state index in [0.717, 1.165) is 16.3 Å². The van der Waals surface area contributed by atoms with Gasteiger partial charge in [-0.2, -0.15) is 0 Å². The molecule has 2 heterocycles. The Labute approximate surface area is 166 Å². The molecule has 0 radical (unpaired) electrons. The molecule has 0 bridgehead atoms.